The zero-order valence-corrected chi connectivity index (χ0v) is 12.7. The molecule has 2 rings (SSSR count). The Morgan fingerprint density at radius 3 is 2.63 bits per heavy atom. The summed E-state index contributed by atoms with van der Waals surface area (Å²) in [5, 5.41) is 2.45. The van der Waals surface area contributed by atoms with Crippen LogP contribution in [0, 0.1) is 0 Å². The van der Waals surface area contributed by atoms with E-state index in [0.717, 1.165) is 17.3 Å². The summed E-state index contributed by atoms with van der Waals surface area (Å²) in [6, 6.07) is 12.9. The van der Waals surface area contributed by atoms with E-state index >= 15 is 0 Å². The Bertz CT molecular complexity index is 592. The second-order valence-electron chi connectivity index (χ2n) is 4.78. The van der Waals surface area contributed by atoms with Gasteiger partial charge in [0.1, 0.15) is 0 Å². The van der Waals surface area contributed by atoms with Gasteiger partial charge in [0.15, 0.2) is 0 Å². The standard InChI is InChI=1S/C16H19BrN2/c1-3-11(2)8-16(19-18)14-5-4-13-10-15(17)7-6-12(13)9-14/h4-7,9-10,16,19H,2-3,8,18H2,1H3. The maximum absolute atomic E-state index is 5.68. The highest BCUT2D eigenvalue weighted by atomic mass is 79.9. The number of nitrogens with two attached hydrogens (primary N) is 1. The van der Waals surface area contributed by atoms with Gasteiger partial charge in [0.25, 0.3) is 0 Å². The predicted molar refractivity (Wildman–Crippen MR) is 85.8 cm³/mol. The molecule has 0 amide bonds. The lowest BCUT2D eigenvalue weighted by Crippen LogP contribution is -2.28. The van der Waals surface area contributed by atoms with Crippen molar-refractivity contribution in [2.24, 2.45) is 5.84 Å². The van der Waals surface area contributed by atoms with E-state index in [-0.39, 0.29) is 6.04 Å². The molecule has 0 fully saturated rings. The molecular weight excluding hydrogens is 300 g/mol. The minimum Gasteiger partial charge on any atom is -0.271 e. The maximum atomic E-state index is 5.68. The molecule has 3 N–H and O–H groups in total. The number of nitrogens with one attached hydrogen (secondary N) is 1. The molecule has 2 aromatic carbocycles. The first-order chi connectivity index (χ1) is 9.13. The molecule has 0 aliphatic heterocycles. The predicted octanol–water partition coefficient (Wildman–Crippen LogP) is 4.46. The van der Waals surface area contributed by atoms with Crippen molar-refractivity contribution in [1.29, 1.82) is 0 Å². The fraction of sp³-hybridized carbons (Fsp3) is 0.250. The maximum Gasteiger partial charge on any atom is 0.0497 e. The Balaban J connectivity index is 2.33. The summed E-state index contributed by atoms with van der Waals surface area (Å²) >= 11 is 3.49. The molecule has 19 heavy (non-hydrogen) atoms. The topological polar surface area (TPSA) is 38.0 Å². The highest BCUT2D eigenvalue weighted by Crippen LogP contribution is 2.26. The fourth-order valence-electron chi connectivity index (χ4n) is 2.16. The molecule has 0 aliphatic carbocycles. The van der Waals surface area contributed by atoms with Gasteiger partial charge in [0.2, 0.25) is 0 Å². The van der Waals surface area contributed by atoms with E-state index in [1.165, 1.54) is 21.9 Å². The Hall–Kier alpha value is -1.16. The van der Waals surface area contributed by atoms with E-state index in [1.807, 2.05) is 0 Å². The van der Waals surface area contributed by atoms with Crippen molar-refractivity contribution < 1.29 is 0 Å². The van der Waals surface area contributed by atoms with Crippen LogP contribution in [0.2, 0.25) is 0 Å². The average molecular weight is 319 g/mol. The lowest BCUT2D eigenvalue weighted by Gasteiger charge is -2.18. The first-order valence-electron chi connectivity index (χ1n) is 6.46. The summed E-state index contributed by atoms with van der Waals surface area (Å²) in [6.07, 6.45) is 1.85. The van der Waals surface area contributed by atoms with E-state index < -0.39 is 0 Å². The summed E-state index contributed by atoms with van der Waals surface area (Å²) in [5.41, 5.74) is 5.30. The van der Waals surface area contributed by atoms with Crippen molar-refractivity contribution in [2.75, 3.05) is 0 Å². The van der Waals surface area contributed by atoms with Gasteiger partial charge in [-0.15, -0.1) is 0 Å². The fourth-order valence-corrected chi connectivity index (χ4v) is 2.54. The van der Waals surface area contributed by atoms with Crippen molar-refractivity contribution in [3.8, 4) is 0 Å². The van der Waals surface area contributed by atoms with Crippen LogP contribution >= 0.6 is 15.9 Å². The molecule has 1 unspecified atom stereocenters. The summed E-state index contributed by atoms with van der Waals surface area (Å²) in [5.74, 6) is 5.68. The highest BCUT2D eigenvalue weighted by molar-refractivity contribution is 9.10. The zero-order chi connectivity index (χ0) is 13.8. The number of fused-ring (bicyclic) bond motifs is 1. The average Bonchev–Trinajstić information content (AvgIpc) is 2.43. The minimum absolute atomic E-state index is 0.125. The molecule has 2 aromatic rings. The molecule has 0 bridgehead atoms. The van der Waals surface area contributed by atoms with Crippen LogP contribution in [0.3, 0.4) is 0 Å². The Morgan fingerprint density at radius 1 is 1.26 bits per heavy atom. The van der Waals surface area contributed by atoms with E-state index in [4.69, 9.17) is 5.84 Å². The summed E-state index contributed by atoms with van der Waals surface area (Å²) in [7, 11) is 0. The SMILES string of the molecule is C=C(CC)CC(NN)c1ccc2cc(Br)ccc2c1. The number of halogens is 1. The monoisotopic (exact) mass is 318 g/mol. The summed E-state index contributed by atoms with van der Waals surface area (Å²) < 4.78 is 1.10. The van der Waals surface area contributed by atoms with Crippen LogP contribution in [0.1, 0.15) is 31.4 Å². The van der Waals surface area contributed by atoms with Crippen LogP contribution in [-0.4, -0.2) is 0 Å². The van der Waals surface area contributed by atoms with Crippen molar-refractivity contribution in [1.82, 2.24) is 5.43 Å². The van der Waals surface area contributed by atoms with Gasteiger partial charge >= 0.3 is 0 Å². The van der Waals surface area contributed by atoms with Crippen molar-refractivity contribution in [3.63, 3.8) is 0 Å². The number of hydrogen-bond donors (Lipinski definition) is 2. The normalized spacial score (nSPS) is 12.6. The number of benzene rings is 2. The number of hydrazine groups is 1. The second kappa shape index (κ2) is 6.33. The molecule has 0 aromatic heterocycles. The van der Waals surface area contributed by atoms with Crippen LogP contribution < -0.4 is 11.3 Å². The third-order valence-corrected chi connectivity index (χ3v) is 3.92. The number of hydrogen-bond acceptors (Lipinski definition) is 2. The van der Waals surface area contributed by atoms with Crippen LogP contribution in [0.25, 0.3) is 10.8 Å². The van der Waals surface area contributed by atoms with Gasteiger partial charge in [0, 0.05) is 10.5 Å². The molecule has 2 nitrogen and oxygen atoms in total. The van der Waals surface area contributed by atoms with Crippen LogP contribution in [-0.2, 0) is 0 Å². The summed E-state index contributed by atoms with van der Waals surface area (Å²) in [4.78, 5) is 0. The van der Waals surface area contributed by atoms with Gasteiger partial charge in [-0.05, 0) is 47.4 Å². The van der Waals surface area contributed by atoms with Crippen LogP contribution in [0.15, 0.2) is 53.0 Å². The largest absolute Gasteiger partial charge is 0.271 e. The molecule has 0 spiro atoms. The van der Waals surface area contributed by atoms with E-state index in [2.05, 4.69) is 71.3 Å². The first kappa shape index (κ1) is 14.3. The van der Waals surface area contributed by atoms with Crippen molar-refractivity contribution >= 4 is 26.7 Å². The third-order valence-electron chi connectivity index (χ3n) is 3.42. The quantitative estimate of drug-likeness (QED) is 0.485. The third kappa shape index (κ3) is 3.44. The number of rotatable bonds is 5. The Labute approximate surface area is 122 Å². The van der Waals surface area contributed by atoms with Gasteiger partial charge in [-0.3, -0.25) is 11.3 Å². The highest BCUT2D eigenvalue weighted by Gasteiger charge is 2.11. The molecule has 3 heteroatoms. The van der Waals surface area contributed by atoms with Crippen molar-refractivity contribution in [2.45, 2.75) is 25.8 Å². The van der Waals surface area contributed by atoms with Gasteiger partial charge in [-0.1, -0.05) is 53.2 Å². The molecule has 0 heterocycles. The molecule has 0 saturated heterocycles. The molecular formula is C16H19BrN2. The van der Waals surface area contributed by atoms with E-state index in [9.17, 15) is 0 Å². The van der Waals surface area contributed by atoms with Crippen LogP contribution in [0.5, 0.6) is 0 Å². The van der Waals surface area contributed by atoms with Gasteiger partial charge in [-0.2, -0.15) is 0 Å². The second-order valence-corrected chi connectivity index (χ2v) is 5.69. The smallest absolute Gasteiger partial charge is 0.0497 e. The molecule has 100 valence electrons. The summed E-state index contributed by atoms with van der Waals surface area (Å²) in [6.45, 7) is 6.18. The lowest BCUT2D eigenvalue weighted by atomic mass is 9.96. The molecule has 0 radical (unpaired) electrons. The van der Waals surface area contributed by atoms with Gasteiger partial charge in [-0.25, -0.2) is 0 Å². The molecule has 0 saturated carbocycles. The Morgan fingerprint density at radius 2 is 1.95 bits per heavy atom. The first-order valence-corrected chi connectivity index (χ1v) is 7.25. The van der Waals surface area contributed by atoms with Crippen LogP contribution in [0.4, 0.5) is 0 Å². The Kier molecular flexibility index (Phi) is 4.75. The van der Waals surface area contributed by atoms with E-state index in [0.29, 0.717) is 0 Å². The molecule has 1 atom stereocenters. The molecule has 0 aliphatic rings. The van der Waals surface area contributed by atoms with Gasteiger partial charge in [0.05, 0.1) is 0 Å². The van der Waals surface area contributed by atoms with E-state index in [1.54, 1.807) is 0 Å². The van der Waals surface area contributed by atoms with Crippen molar-refractivity contribution in [3.05, 3.63) is 58.6 Å². The van der Waals surface area contributed by atoms with Gasteiger partial charge < -0.3 is 0 Å². The zero-order valence-electron chi connectivity index (χ0n) is 11.1. The minimum atomic E-state index is 0.125. The lowest BCUT2D eigenvalue weighted by molar-refractivity contribution is 0.545.